The summed E-state index contributed by atoms with van der Waals surface area (Å²) in [5.41, 5.74) is 2.48. The molecule has 0 aliphatic carbocycles. The maximum Gasteiger partial charge on any atom is 0.338 e. The number of aromatic nitrogens is 1. The number of hydrogen-bond donors (Lipinski definition) is 1. The van der Waals surface area contributed by atoms with Crippen LogP contribution in [0.3, 0.4) is 0 Å². The van der Waals surface area contributed by atoms with E-state index in [9.17, 15) is 9.59 Å². The molecule has 0 bridgehead atoms. The molecule has 0 fully saturated rings. The van der Waals surface area contributed by atoms with Crippen molar-refractivity contribution >= 4 is 17.6 Å². The second-order valence-electron chi connectivity index (χ2n) is 6.44. The van der Waals surface area contributed by atoms with Crippen molar-refractivity contribution in [2.24, 2.45) is 0 Å². The SMILES string of the molecule is COc1ccccc1NC(=O)COC(=O)c1ccc(OCc2c(C)noc2C)cc1. The van der Waals surface area contributed by atoms with Crippen molar-refractivity contribution in [2.45, 2.75) is 20.5 Å². The van der Waals surface area contributed by atoms with E-state index < -0.39 is 18.5 Å². The first kappa shape index (κ1) is 20.9. The Kier molecular flexibility index (Phi) is 6.69. The van der Waals surface area contributed by atoms with Gasteiger partial charge in [-0.25, -0.2) is 4.79 Å². The molecule has 0 spiro atoms. The van der Waals surface area contributed by atoms with E-state index in [1.54, 1.807) is 48.5 Å². The van der Waals surface area contributed by atoms with Gasteiger partial charge in [0.2, 0.25) is 0 Å². The van der Waals surface area contributed by atoms with E-state index in [1.165, 1.54) is 7.11 Å². The molecule has 1 amide bonds. The zero-order valence-electron chi connectivity index (χ0n) is 16.9. The lowest BCUT2D eigenvalue weighted by Gasteiger charge is -2.10. The third-order valence-corrected chi connectivity index (χ3v) is 4.37. The molecular formula is C22H22N2O6. The predicted molar refractivity (Wildman–Crippen MR) is 109 cm³/mol. The van der Waals surface area contributed by atoms with Crippen molar-refractivity contribution < 1.29 is 28.3 Å². The van der Waals surface area contributed by atoms with Crippen molar-refractivity contribution in [3.8, 4) is 11.5 Å². The summed E-state index contributed by atoms with van der Waals surface area (Å²) < 4.78 is 21.0. The maximum absolute atomic E-state index is 12.2. The smallest absolute Gasteiger partial charge is 0.338 e. The van der Waals surface area contributed by atoms with E-state index in [4.69, 9.17) is 18.7 Å². The van der Waals surface area contributed by atoms with Gasteiger partial charge in [0.1, 0.15) is 23.9 Å². The molecule has 30 heavy (non-hydrogen) atoms. The molecule has 3 rings (SSSR count). The van der Waals surface area contributed by atoms with Gasteiger partial charge in [0.05, 0.1) is 29.6 Å². The van der Waals surface area contributed by atoms with Crippen LogP contribution in [0.25, 0.3) is 0 Å². The van der Waals surface area contributed by atoms with Gasteiger partial charge in [0.15, 0.2) is 6.61 Å². The number of para-hydroxylation sites is 2. The molecule has 0 radical (unpaired) electrons. The van der Waals surface area contributed by atoms with Crippen LogP contribution in [-0.4, -0.2) is 30.7 Å². The summed E-state index contributed by atoms with van der Waals surface area (Å²) in [7, 11) is 1.51. The van der Waals surface area contributed by atoms with Gasteiger partial charge in [-0.15, -0.1) is 0 Å². The first-order valence-electron chi connectivity index (χ1n) is 9.22. The van der Waals surface area contributed by atoms with E-state index >= 15 is 0 Å². The number of nitrogens with one attached hydrogen (secondary N) is 1. The number of esters is 1. The highest BCUT2D eigenvalue weighted by Crippen LogP contribution is 2.23. The third kappa shape index (κ3) is 5.16. The molecule has 0 unspecified atom stereocenters. The van der Waals surface area contributed by atoms with Crippen LogP contribution in [0.2, 0.25) is 0 Å². The van der Waals surface area contributed by atoms with E-state index in [0.29, 0.717) is 35.1 Å². The monoisotopic (exact) mass is 410 g/mol. The van der Waals surface area contributed by atoms with Crippen LogP contribution in [0.4, 0.5) is 5.69 Å². The molecule has 156 valence electrons. The molecule has 1 aromatic heterocycles. The van der Waals surface area contributed by atoms with E-state index in [-0.39, 0.29) is 0 Å². The van der Waals surface area contributed by atoms with Gasteiger partial charge >= 0.3 is 5.97 Å². The Morgan fingerprint density at radius 1 is 1.07 bits per heavy atom. The zero-order chi connectivity index (χ0) is 21.5. The molecule has 2 aromatic carbocycles. The second kappa shape index (κ2) is 9.60. The molecule has 8 heteroatoms. The van der Waals surface area contributed by atoms with Gasteiger partial charge in [-0.1, -0.05) is 17.3 Å². The summed E-state index contributed by atoms with van der Waals surface area (Å²) in [6.45, 7) is 3.56. The number of hydrogen-bond acceptors (Lipinski definition) is 7. The first-order chi connectivity index (χ1) is 14.5. The summed E-state index contributed by atoms with van der Waals surface area (Å²) in [6, 6.07) is 13.4. The molecule has 3 aromatic rings. The summed E-state index contributed by atoms with van der Waals surface area (Å²) in [6.07, 6.45) is 0. The van der Waals surface area contributed by atoms with E-state index in [0.717, 1.165) is 11.3 Å². The number of anilines is 1. The number of benzene rings is 2. The summed E-state index contributed by atoms with van der Waals surface area (Å²) >= 11 is 0. The van der Waals surface area contributed by atoms with Gasteiger partial charge < -0.3 is 24.1 Å². The molecular weight excluding hydrogens is 388 g/mol. The minimum Gasteiger partial charge on any atom is -0.495 e. The topological polar surface area (TPSA) is 99.9 Å². The fourth-order valence-corrected chi connectivity index (χ4v) is 2.70. The first-order valence-corrected chi connectivity index (χ1v) is 9.22. The Bertz CT molecular complexity index is 1010. The number of methoxy groups -OCH3 is 1. The molecule has 0 atom stereocenters. The molecule has 0 aliphatic heterocycles. The molecule has 0 saturated carbocycles. The van der Waals surface area contributed by atoms with Crippen molar-refractivity contribution in [3.63, 3.8) is 0 Å². The lowest BCUT2D eigenvalue weighted by molar-refractivity contribution is -0.119. The zero-order valence-corrected chi connectivity index (χ0v) is 16.9. The van der Waals surface area contributed by atoms with Crippen LogP contribution in [-0.2, 0) is 16.1 Å². The Labute approximate surface area is 173 Å². The van der Waals surface area contributed by atoms with Gasteiger partial charge in [-0.2, -0.15) is 0 Å². The highest BCUT2D eigenvalue weighted by atomic mass is 16.5. The molecule has 8 nitrogen and oxygen atoms in total. The molecule has 1 N–H and O–H groups in total. The number of carbonyl (C=O) groups is 2. The van der Waals surface area contributed by atoms with Crippen molar-refractivity contribution in [1.82, 2.24) is 5.16 Å². The van der Waals surface area contributed by atoms with Gasteiger partial charge in [-0.05, 0) is 50.2 Å². The Balaban J connectivity index is 1.50. The van der Waals surface area contributed by atoms with Crippen LogP contribution in [0.5, 0.6) is 11.5 Å². The number of ether oxygens (including phenoxy) is 3. The number of rotatable bonds is 8. The summed E-state index contributed by atoms with van der Waals surface area (Å²) in [4.78, 5) is 24.2. The fourth-order valence-electron chi connectivity index (χ4n) is 2.70. The van der Waals surface area contributed by atoms with Gasteiger partial charge in [-0.3, -0.25) is 4.79 Å². The van der Waals surface area contributed by atoms with Gasteiger partial charge in [0, 0.05) is 0 Å². The Morgan fingerprint density at radius 2 is 1.80 bits per heavy atom. The normalized spacial score (nSPS) is 10.4. The molecule has 0 saturated heterocycles. The van der Waals surface area contributed by atoms with Crippen molar-refractivity contribution in [3.05, 3.63) is 71.1 Å². The number of amides is 1. The van der Waals surface area contributed by atoms with Crippen molar-refractivity contribution in [1.29, 1.82) is 0 Å². The standard InChI is InChI=1S/C22H22N2O6/c1-14-18(15(2)30-24-14)12-28-17-10-8-16(9-11-17)22(26)29-13-21(25)23-19-6-4-5-7-20(19)27-3/h4-11H,12-13H2,1-3H3,(H,23,25). The summed E-state index contributed by atoms with van der Waals surface area (Å²) in [5.74, 6) is 0.735. The Hall–Kier alpha value is -3.81. The minimum absolute atomic E-state index is 0.310. The maximum atomic E-state index is 12.2. The summed E-state index contributed by atoms with van der Waals surface area (Å²) in [5, 5.41) is 6.52. The molecule has 0 aliphatic rings. The van der Waals surface area contributed by atoms with E-state index in [2.05, 4.69) is 10.5 Å². The van der Waals surface area contributed by atoms with Crippen LogP contribution in [0, 0.1) is 13.8 Å². The third-order valence-electron chi connectivity index (χ3n) is 4.37. The Morgan fingerprint density at radius 3 is 2.47 bits per heavy atom. The highest BCUT2D eigenvalue weighted by Gasteiger charge is 2.13. The van der Waals surface area contributed by atoms with Crippen molar-refractivity contribution in [2.75, 3.05) is 19.0 Å². The number of carbonyl (C=O) groups excluding carboxylic acids is 2. The molecule has 1 heterocycles. The van der Waals surface area contributed by atoms with E-state index in [1.807, 2.05) is 13.8 Å². The average molecular weight is 410 g/mol. The lowest BCUT2D eigenvalue weighted by atomic mass is 10.2. The number of nitrogens with zero attached hydrogens (tertiary/aromatic N) is 1. The van der Waals surface area contributed by atoms with Crippen LogP contribution in [0.1, 0.15) is 27.4 Å². The lowest BCUT2D eigenvalue weighted by Crippen LogP contribution is -2.21. The quantitative estimate of drug-likeness (QED) is 0.566. The number of aryl methyl sites for hydroxylation is 2. The van der Waals surface area contributed by atoms with Gasteiger partial charge in [0.25, 0.3) is 5.91 Å². The van der Waals surface area contributed by atoms with Crippen LogP contribution >= 0.6 is 0 Å². The predicted octanol–water partition coefficient (Wildman–Crippen LogP) is 3.67. The average Bonchev–Trinajstić information content (AvgIpc) is 3.08. The minimum atomic E-state index is -0.609. The fraction of sp³-hybridized carbons (Fsp3) is 0.227. The van der Waals surface area contributed by atoms with Crippen LogP contribution < -0.4 is 14.8 Å². The second-order valence-corrected chi connectivity index (χ2v) is 6.44. The van der Waals surface area contributed by atoms with Crippen LogP contribution in [0.15, 0.2) is 53.1 Å². The highest BCUT2D eigenvalue weighted by molar-refractivity contribution is 5.96. The largest absolute Gasteiger partial charge is 0.495 e.